The Morgan fingerprint density at radius 2 is 2.00 bits per heavy atom. The number of benzene rings is 2. The molecule has 0 N–H and O–H groups in total. The number of carbonyl (C=O) groups is 1. The molecule has 30 heavy (non-hydrogen) atoms. The number of thioether (sulfide) groups is 1. The van der Waals surface area contributed by atoms with Gasteiger partial charge in [0.15, 0.2) is 5.13 Å². The Kier molecular flexibility index (Phi) is 7.04. The van der Waals surface area contributed by atoms with Gasteiger partial charge in [-0.05, 0) is 42.5 Å². The SMILES string of the molecule is O=C(CCCSc1ccccc1)N(CCn1cccn1)c1nc2c(Cl)cccc2s1. The van der Waals surface area contributed by atoms with E-state index in [-0.39, 0.29) is 5.91 Å². The number of fused-ring (bicyclic) bond motifs is 1. The van der Waals surface area contributed by atoms with Crippen molar-refractivity contribution in [3.8, 4) is 0 Å². The predicted octanol–water partition coefficient (Wildman–Crippen LogP) is 5.75. The largest absolute Gasteiger partial charge is 0.286 e. The van der Waals surface area contributed by atoms with Gasteiger partial charge in [-0.15, -0.1) is 11.8 Å². The number of hydrogen-bond donors (Lipinski definition) is 0. The van der Waals surface area contributed by atoms with E-state index in [0.29, 0.717) is 29.7 Å². The fourth-order valence-corrected chi connectivity index (χ4v) is 5.23. The van der Waals surface area contributed by atoms with Crippen LogP contribution in [-0.4, -0.2) is 33.0 Å². The molecule has 0 bridgehead atoms. The maximum atomic E-state index is 13.1. The van der Waals surface area contributed by atoms with E-state index >= 15 is 0 Å². The Hall–Kier alpha value is -2.35. The van der Waals surface area contributed by atoms with Gasteiger partial charge in [-0.1, -0.05) is 47.2 Å². The summed E-state index contributed by atoms with van der Waals surface area (Å²) < 4.78 is 2.81. The molecule has 0 unspecified atom stereocenters. The molecule has 0 saturated carbocycles. The van der Waals surface area contributed by atoms with Gasteiger partial charge in [-0.2, -0.15) is 5.10 Å². The van der Waals surface area contributed by atoms with Gasteiger partial charge in [-0.25, -0.2) is 4.98 Å². The molecule has 0 aliphatic rings. The van der Waals surface area contributed by atoms with Crippen LogP contribution >= 0.6 is 34.7 Å². The summed E-state index contributed by atoms with van der Waals surface area (Å²) in [5.74, 6) is 0.972. The lowest BCUT2D eigenvalue weighted by atomic mass is 10.3. The van der Waals surface area contributed by atoms with Crippen LogP contribution in [-0.2, 0) is 11.3 Å². The number of aromatic nitrogens is 3. The second-order valence-electron chi connectivity index (χ2n) is 6.66. The number of carbonyl (C=O) groups excluding carboxylic acids is 1. The van der Waals surface area contributed by atoms with E-state index < -0.39 is 0 Å². The normalized spacial score (nSPS) is 11.1. The Morgan fingerprint density at radius 3 is 2.77 bits per heavy atom. The number of rotatable bonds is 9. The summed E-state index contributed by atoms with van der Waals surface area (Å²) >= 11 is 9.56. The summed E-state index contributed by atoms with van der Waals surface area (Å²) in [6.07, 6.45) is 4.92. The molecule has 5 nitrogen and oxygen atoms in total. The molecular weight excluding hydrogens is 436 g/mol. The maximum Gasteiger partial charge on any atom is 0.228 e. The van der Waals surface area contributed by atoms with E-state index in [4.69, 9.17) is 11.6 Å². The van der Waals surface area contributed by atoms with Gasteiger partial charge in [0.25, 0.3) is 0 Å². The van der Waals surface area contributed by atoms with E-state index in [1.165, 1.54) is 16.2 Å². The minimum absolute atomic E-state index is 0.0750. The van der Waals surface area contributed by atoms with Crippen LogP contribution in [0.4, 0.5) is 5.13 Å². The van der Waals surface area contributed by atoms with Crippen LogP contribution in [0.15, 0.2) is 71.9 Å². The summed E-state index contributed by atoms with van der Waals surface area (Å²) in [6.45, 7) is 1.13. The average molecular weight is 457 g/mol. The number of anilines is 1. The molecule has 4 rings (SSSR count). The van der Waals surface area contributed by atoms with Gasteiger partial charge in [0.05, 0.1) is 16.3 Å². The standard InChI is InChI=1S/C22H21ClN4OS2/c23-18-9-4-10-19-21(18)25-22(30-19)27(15-14-26-13-6-12-24-26)20(28)11-5-16-29-17-7-2-1-3-8-17/h1-4,6-10,12-13H,5,11,14-16H2. The number of thiazole rings is 1. The van der Waals surface area contributed by atoms with E-state index in [1.54, 1.807) is 22.9 Å². The summed E-state index contributed by atoms with van der Waals surface area (Å²) in [4.78, 5) is 20.8. The quantitative estimate of drug-likeness (QED) is 0.237. The Morgan fingerprint density at radius 1 is 1.13 bits per heavy atom. The molecule has 0 aliphatic carbocycles. The van der Waals surface area contributed by atoms with Crippen molar-refractivity contribution in [2.75, 3.05) is 17.2 Å². The first-order valence-corrected chi connectivity index (χ1v) is 11.9. The van der Waals surface area contributed by atoms with Crippen LogP contribution in [0.5, 0.6) is 0 Å². The number of amides is 1. The minimum Gasteiger partial charge on any atom is -0.286 e. The van der Waals surface area contributed by atoms with Gasteiger partial charge in [0.2, 0.25) is 5.91 Å². The molecule has 1 amide bonds. The van der Waals surface area contributed by atoms with Crippen molar-refractivity contribution in [1.29, 1.82) is 0 Å². The zero-order chi connectivity index (χ0) is 20.8. The molecule has 4 aromatic rings. The lowest BCUT2D eigenvalue weighted by molar-refractivity contribution is -0.118. The second-order valence-corrected chi connectivity index (χ2v) is 9.25. The monoisotopic (exact) mass is 456 g/mol. The fourth-order valence-electron chi connectivity index (χ4n) is 3.05. The lowest BCUT2D eigenvalue weighted by Crippen LogP contribution is -2.34. The first-order valence-electron chi connectivity index (χ1n) is 9.71. The molecule has 0 radical (unpaired) electrons. The first kappa shape index (κ1) is 20.9. The number of halogens is 1. The van der Waals surface area contributed by atoms with Crippen molar-refractivity contribution in [2.24, 2.45) is 0 Å². The van der Waals surface area contributed by atoms with Crippen molar-refractivity contribution in [3.63, 3.8) is 0 Å². The molecule has 0 saturated heterocycles. The highest BCUT2D eigenvalue weighted by molar-refractivity contribution is 7.99. The first-order chi connectivity index (χ1) is 14.7. The lowest BCUT2D eigenvalue weighted by Gasteiger charge is -2.20. The van der Waals surface area contributed by atoms with Gasteiger partial charge in [0.1, 0.15) is 5.52 Å². The fraction of sp³-hybridized carbons (Fsp3) is 0.227. The van der Waals surface area contributed by atoms with E-state index in [9.17, 15) is 4.79 Å². The van der Waals surface area contributed by atoms with Crippen molar-refractivity contribution in [1.82, 2.24) is 14.8 Å². The number of nitrogens with zero attached hydrogens (tertiary/aromatic N) is 4. The predicted molar refractivity (Wildman–Crippen MR) is 126 cm³/mol. The van der Waals surface area contributed by atoms with E-state index in [1.807, 2.05) is 53.3 Å². The third-order valence-electron chi connectivity index (χ3n) is 4.55. The Bertz CT molecular complexity index is 1100. The van der Waals surface area contributed by atoms with Crippen LogP contribution in [0.2, 0.25) is 5.02 Å². The van der Waals surface area contributed by atoms with Gasteiger partial charge in [0, 0.05) is 30.3 Å². The molecule has 154 valence electrons. The zero-order valence-corrected chi connectivity index (χ0v) is 18.7. The zero-order valence-electron chi connectivity index (χ0n) is 16.3. The highest BCUT2D eigenvalue weighted by atomic mass is 35.5. The molecule has 0 spiro atoms. The summed E-state index contributed by atoms with van der Waals surface area (Å²) in [6, 6.07) is 17.8. The third-order valence-corrected chi connectivity index (χ3v) is 7.00. The van der Waals surface area contributed by atoms with Crippen molar-refractivity contribution in [3.05, 3.63) is 72.0 Å². The van der Waals surface area contributed by atoms with Crippen LogP contribution < -0.4 is 4.90 Å². The van der Waals surface area contributed by atoms with Gasteiger partial charge in [-0.3, -0.25) is 14.4 Å². The van der Waals surface area contributed by atoms with Crippen LogP contribution in [0, 0.1) is 0 Å². The summed E-state index contributed by atoms with van der Waals surface area (Å²) in [5, 5.41) is 5.54. The maximum absolute atomic E-state index is 13.1. The Labute approximate surface area is 188 Å². The second kappa shape index (κ2) is 10.1. The number of para-hydroxylation sites is 1. The van der Waals surface area contributed by atoms with Crippen LogP contribution in [0.1, 0.15) is 12.8 Å². The van der Waals surface area contributed by atoms with Crippen LogP contribution in [0.3, 0.4) is 0 Å². The molecule has 2 aromatic heterocycles. The average Bonchev–Trinajstić information content (AvgIpc) is 3.43. The van der Waals surface area contributed by atoms with Gasteiger partial charge < -0.3 is 0 Å². The minimum atomic E-state index is 0.0750. The summed E-state index contributed by atoms with van der Waals surface area (Å²) in [5.41, 5.74) is 0.746. The molecule has 0 atom stereocenters. The highest BCUT2D eigenvalue weighted by Gasteiger charge is 2.20. The molecule has 0 fully saturated rings. The summed E-state index contributed by atoms with van der Waals surface area (Å²) in [7, 11) is 0. The number of hydrogen-bond acceptors (Lipinski definition) is 5. The molecule has 2 aromatic carbocycles. The van der Waals surface area contributed by atoms with Gasteiger partial charge >= 0.3 is 0 Å². The smallest absolute Gasteiger partial charge is 0.228 e. The van der Waals surface area contributed by atoms with E-state index in [0.717, 1.165) is 22.4 Å². The molecule has 0 aliphatic heterocycles. The highest BCUT2D eigenvalue weighted by Crippen LogP contribution is 2.33. The van der Waals surface area contributed by atoms with E-state index in [2.05, 4.69) is 22.2 Å². The van der Waals surface area contributed by atoms with Crippen molar-refractivity contribution >= 4 is 56.0 Å². The van der Waals surface area contributed by atoms with Crippen molar-refractivity contribution < 1.29 is 4.79 Å². The van der Waals surface area contributed by atoms with Crippen molar-refractivity contribution in [2.45, 2.75) is 24.3 Å². The third kappa shape index (κ3) is 5.22. The molecule has 8 heteroatoms. The molecular formula is C22H21ClN4OS2. The topological polar surface area (TPSA) is 51.0 Å². The Balaban J connectivity index is 1.44. The van der Waals surface area contributed by atoms with Crippen LogP contribution in [0.25, 0.3) is 10.2 Å². The molecule has 2 heterocycles.